The lowest BCUT2D eigenvalue weighted by Crippen LogP contribution is -2.51. The minimum Gasteiger partial charge on any atom is -0.353 e. The molecule has 3 heterocycles. The highest BCUT2D eigenvalue weighted by molar-refractivity contribution is 5.74. The largest absolute Gasteiger partial charge is 0.353 e. The zero-order valence-corrected chi connectivity index (χ0v) is 14.6. The van der Waals surface area contributed by atoms with Crippen LogP contribution in [0.4, 0.5) is 10.6 Å². The Kier molecular flexibility index (Phi) is 5.42. The molecule has 2 N–H and O–H groups in total. The summed E-state index contributed by atoms with van der Waals surface area (Å²) in [6.07, 6.45) is 3.70. The Labute approximate surface area is 147 Å². The number of aromatic nitrogens is 3. The molecule has 0 saturated carbocycles. The van der Waals surface area contributed by atoms with Gasteiger partial charge < -0.3 is 15.5 Å². The fourth-order valence-corrected chi connectivity index (χ4v) is 2.99. The molecule has 0 radical (unpaired) electrons. The first-order chi connectivity index (χ1) is 12.1. The predicted octanol–water partition coefficient (Wildman–Crippen LogP) is 2.21. The second-order valence-corrected chi connectivity index (χ2v) is 6.41. The van der Waals surface area contributed by atoms with Gasteiger partial charge in [0.05, 0.1) is 17.4 Å². The fraction of sp³-hybridized carbons (Fsp3) is 0.444. The average Bonchev–Trinajstić information content (AvgIpc) is 2.63. The fourth-order valence-electron chi connectivity index (χ4n) is 2.99. The average molecular weight is 340 g/mol. The van der Waals surface area contributed by atoms with Crippen molar-refractivity contribution in [2.75, 3.05) is 18.0 Å². The number of carbonyl (C=O) groups is 1. The van der Waals surface area contributed by atoms with Crippen molar-refractivity contribution < 1.29 is 4.79 Å². The molecule has 2 aromatic heterocycles. The molecule has 2 amide bonds. The maximum absolute atomic E-state index is 12.3. The second-order valence-electron chi connectivity index (χ2n) is 6.41. The summed E-state index contributed by atoms with van der Waals surface area (Å²) in [5.74, 6) is 0.861. The highest BCUT2D eigenvalue weighted by atomic mass is 16.2. The lowest BCUT2D eigenvalue weighted by atomic mass is 10.1. The number of piperidine rings is 1. The van der Waals surface area contributed by atoms with Crippen LogP contribution in [-0.2, 0) is 0 Å². The number of hydrogen-bond donors (Lipinski definition) is 2. The van der Waals surface area contributed by atoms with Gasteiger partial charge in [0.15, 0.2) is 5.82 Å². The maximum atomic E-state index is 12.3. The molecule has 3 rings (SSSR count). The van der Waals surface area contributed by atoms with Gasteiger partial charge in [0.2, 0.25) is 0 Å². The van der Waals surface area contributed by atoms with Crippen molar-refractivity contribution in [1.82, 2.24) is 25.8 Å². The Hall–Kier alpha value is -2.70. The van der Waals surface area contributed by atoms with Crippen LogP contribution in [0.15, 0.2) is 36.5 Å². The molecule has 2 unspecified atom stereocenters. The van der Waals surface area contributed by atoms with Crippen molar-refractivity contribution in [2.45, 2.75) is 38.8 Å². The van der Waals surface area contributed by atoms with E-state index in [0.29, 0.717) is 0 Å². The van der Waals surface area contributed by atoms with Crippen molar-refractivity contribution >= 4 is 11.8 Å². The molecule has 1 aliphatic rings. The molecule has 0 aliphatic carbocycles. The summed E-state index contributed by atoms with van der Waals surface area (Å²) in [5, 5.41) is 14.4. The van der Waals surface area contributed by atoms with Gasteiger partial charge in [0, 0.05) is 25.3 Å². The molecule has 7 heteroatoms. The standard InChI is InChI=1S/C18H24N6O/c1-13-8-9-17(23-22-13)24-11-5-6-15(12-24)21-18(25)20-14(2)16-7-3-4-10-19-16/h3-4,7-10,14-15H,5-6,11-12H2,1-2H3,(H2,20,21,25). The summed E-state index contributed by atoms with van der Waals surface area (Å²) in [6, 6.07) is 9.41. The van der Waals surface area contributed by atoms with Gasteiger partial charge in [-0.05, 0) is 51.0 Å². The van der Waals surface area contributed by atoms with E-state index in [4.69, 9.17) is 0 Å². The molecule has 0 aromatic carbocycles. The molecule has 2 aromatic rings. The highest BCUT2D eigenvalue weighted by Gasteiger charge is 2.23. The van der Waals surface area contributed by atoms with E-state index in [2.05, 4.69) is 30.7 Å². The van der Waals surface area contributed by atoms with Gasteiger partial charge in [-0.2, -0.15) is 5.10 Å². The van der Waals surface area contributed by atoms with Gasteiger partial charge >= 0.3 is 6.03 Å². The van der Waals surface area contributed by atoms with E-state index in [-0.39, 0.29) is 18.1 Å². The summed E-state index contributed by atoms with van der Waals surface area (Å²) < 4.78 is 0. The van der Waals surface area contributed by atoms with Crippen LogP contribution >= 0.6 is 0 Å². The Bertz CT molecular complexity index is 690. The normalized spacial score (nSPS) is 18.5. The Morgan fingerprint density at radius 3 is 2.88 bits per heavy atom. The zero-order chi connectivity index (χ0) is 17.6. The van der Waals surface area contributed by atoms with Crippen LogP contribution in [0.25, 0.3) is 0 Å². The van der Waals surface area contributed by atoms with Gasteiger partial charge in [-0.3, -0.25) is 4.98 Å². The van der Waals surface area contributed by atoms with E-state index in [9.17, 15) is 4.79 Å². The van der Waals surface area contributed by atoms with Crippen molar-refractivity contribution in [3.8, 4) is 0 Å². The first kappa shape index (κ1) is 17.1. The molecular formula is C18H24N6O. The third-order valence-electron chi connectivity index (χ3n) is 4.34. The molecular weight excluding hydrogens is 316 g/mol. The molecule has 1 saturated heterocycles. The number of hydrogen-bond acceptors (Lipinski definition) is 5. The summed E-state index contributed by atoms with van der Waals surface area (Å²) in [6.45, 7) is 5.52. The van der Waals surface area contributed by atoms with Crippen LogP contribution in [0.5, 0.6) is 0 Å². The Balaban J connectivity index is 1.53. The number of nitrogens with zero attached hydrogens (tertiary/aromatic N) is 4. The lowest BCUT2D eigenvalue weighted by molar-refractivity contribution is 0.232. The van der Waals surface area contributed by atoms with E-state index in [1.54, 1.807) is 6.20 Å². The van der Waals surface area contributed by atoms with Crippen molar-refractivity contribution in [3.63, 3.8) is 0 Å². The molecule has 7 nitrogen and oxygen atoms in total. The second kappa shape index (κ2) is 7.92. The quantitative estimate of drug-likeness (QED) is 0.891. The Morgan fingerprint density at radius 2 is 2.16 bits per heavy atom. The first-order valence-corrected chi connectivity index (χ1v) is 8.65. The van der Waals surface area contributed by atoms with Crippen molar-refractivity contribution in [3.05, 3.63) is 47.9 Å². The summed E-state index contributed by atoms with van der Waals surface area (Å²) in [7, 11) is 0. The summed E-state index contributed by atoms with van der Waals surface area (Å²) in [4.78, 5) is 18.7. The number of carbonyl (C=O) groups excluding carboxylic acids is 1. The molecule has 0 spiro atoms. The Morgan fingerprint density at radius 1 is 1.28 bits per heavy atom. The minimum absolute atomic E-state index is 0.0905. The van der Waals surface area contributed by atoms with Crippen LogP contribution in [0, 0.1) is 6.92 Å². The molecule has 0 bridgehead atoms. The monoisotopic (exact) mass is 340 g/mol. The van der Waals surface area contributed by atoms with E-state index in [1.165, 1.54) is 0 Å². The van der Waals surface area contributed by atoms with Crippen LogP contribution in [0.3, 0.4) is 0 Å². The number of pyridine rings is 1. The molecule has 132 valence electrons. The summed E-state index contributed by atoms with van der Waals surface area (Å²) in [5.41, 5.74) is 1.75. The molecule has 2 atom stereocenters. The van der Waals surface area contributed by atoms with Crippen LogP contribution in [0.2, 0.25) is 0 Å². The number of aryl methyl sites for hydroxylation is 1. The minimum atomic E-state index is -0.167. The van der Waals surface area contributed by atoms with Gasteiger partial charge in [-0.15, -0.1) is 5.10 Å². The molecule has 25 heavy (non-hydrogen) atoms. The van der Waals surface area contributed by atoms with Gasteiger partial charge in [-0.1, -0.05) is 6.07 Å². The molecule has 1 fully saturated rings. The van der Waals surface area contributed by atoms with E-state index >= 15 is 0 Å². The summed E-state index contributed by atoms with van der Waals surface area (Å²) >= 11 is 0. The maximum Gasteiger partial charge on any atom is 0.315 e. The SMILES string of the molecule is Cc1ccc(N2CCCC(NC(=O)NC(C)c3ccccn3)C2)nn1. The van der Waals surface area contributed by atoms with Crippen LogP contribution in [-0.4, -0.2) is 40.3 Å². The topological polar surface area (TPSA) is 83.0 Å². The highest BCUT2D eigenvalue weighted by Crippen LogP contribution is 2.17. The number of urea groups is 1. The van der Waals surface area contributed by atoms with Crippen molar-refractivity contribution in [2.24, 2.45) is 0 Å². The van der Waals surface area contributed by atoms with E-state index in [0.717, 1.165) is 43.1 Å². The van der Waals surface area contributed by atoms with Crippen molar-refractivity contribution in [1.29, 1.82) is 0 Å². The predicted molar refractivity (Wildman–Crippen MR) is 96.3 cm³/mol. The van der Waals surface area contributed by atoms with Gasteiger partial charge in [0.25, 0.3) is 0 Å². The number of rotatable bonds is 4. The molecule has 1 aliphatic heterocycles. The first-order valence-electron chi connectivity index (χ1n) is 8.65. The smallest absolute Gasteiger partial charge is 0.315 e. The van der Waals surface area contributed by atoms with Crippen LogP contribution in [0.1, 0.15) is 37.2 Å². The van der Waals surface area contributed by atoms with Gasteiger partial charge in [0.1, 0.15) is 0 Å². The number of amides is 2. The number of anilines is 1. The van der Waals surface area contributed by atoms with E-state index < -0.39 is 0 Å². The lowest BCUT2D eigenvalue weighted by Gasteiger charge is -2.33. The third kappa shape index (κ3) is 4.65. The zero-order valence-electron chi connectivity index (χ0n) is 14.6. The van der Waals surface area contributed by atoms with Gasteiger partial charge in [-0.25, -0.2) is 4.79 Å². The van der Waals surface area contributed by atoms with Crippen LogP contribution < -0.4 is 15.5 Å². The number of nitrogens with one attached hydrogen (secondary N) is 2. The van der Waals surface area contributed by atoms with E-state index in [1.807, 2.05) is 44.2 Å². The third-order valence-corrected chi connectivity index (χ3v) is 4.34.